The lowest BCUT2D eigenvalue weighted by molar-refractivity contribution is 0.339. The number of ether oxygens (including phenoxy) is 1. The van der Waals surface area contributed by atoms with Crippen molar-refractivity contribution in [2.24, 2.45) is 0 Å². The van der Waals surface area contributed by atoms with Gasteiger partial charge in [-0.3, -0.25) is 0 Å². The van der Waals surface area contributed by atoms with E-state index in [9.17, 15) is 10.2 Å². The van der Waals surface area contributed by atoms with Crippen LogP contribution in [0.15, 0.2) is 30.3 Å². The Hall–Kier alpha value is -2.20. The minimum Gasteiger partial charge on any atom is -0.504 e. The van der Waals surface area contributed by atoms with Gasteiger partial charge >= 0.3 is 0 Å². The van der Waals surface area contributed by atoms with Gasteiger partial charge in [0.25, 0.3) is 0 Å². The largest absolute Gasteiger partial charge is 0.504 e. The van der Waals surface area contributed by atoms with E-state index in [0.29, 0.717) is 6.61 Å². The van der Waals surface area contributed by atoms with Crippen LogP contribution in [0, 0.1) is 0 Å². The molecule has 2 aromatic rings. The van der Waals surface area contributed by atoms with Gasteiger partial charge in [0.15, 0.2) is 11.5 Å². The molecule has 0 radical (unpaired) electrons. The third-order valence-corrected chi connectivity index (χ3v) is 4.41. The predicted molar refractivity (Wildman–Crippen MR) is 90.3 cm³/mol. The molecular weight excluding hydrogens is 290 g/mol. The summed E-state index contributed by atoms with van der Waals surface area (Å²) in [5.41, 5.74) is 4.54. The molecule has 3 rings (SSSR count). The summed E-state index contributed by atoms with van der Waals surface area (Å²) in [6, 6.07) is 9.57. The molecule has 0 aromatic heterocycles. The summed E-state index contributed by atoms with van der Waals surface area (Å²) in [5, 5.41) is 23.2. The second-order valence-corrected chi connectivity index (χ2v) is 5.82. The molecule has 3 N–H and O–H groups in total. The Balaban J connectivity index is 2.05. The number of phenols is 2. The molecule has 1 atom stereocenters. The number of benzene rings is 2. The zero-order chi connectivity index (χ0) is 16.4. The Kier molecular flexibility index (Phi) is 4.44. The Morgan fingerprint density at radius 2 is 1.87 bits per heavy atom. The zero-order valence-corrected chi connectivity index (χ0v) is 13.6. The van der Waals surface area contributed by atoms with E-state index in [0.717, 1.165) is 36.3 Å². The molecule has 4 nitrogen and oxygen atoms in total. The van der Waals surface area contributed by atoms with Gasteiger partial charge in [-0.25, -0.2) is 0 Å². The summed E-state index contributed by atoms with van der Waals surface area (Å²) in [5.74, 6) is 0.769. The molecule has 0 bridgehead atoms. The molecule has 0 amide bonds. The fourth-order valence-corrected chi connectivity index (χ4v) is 3.29. The number of nitrogens with one attached hydrogen (secondary N) is 1. The molecule has 0 fully saturated rings. The van der Waals surface area contributed by atoms with Crippen LogP contribution in [-0.4, -0.2) is 23.4 Å². The summed E-state index contributed by atoms with van der Waals surface area (Å²) in [4.78, 5) is 0. The van der Waals surface area contributed by atoms with Crippen LogP contribution in [0.5, 0.6) is 17.2 Å². The highest BCUT2D eigenvalue weighted by atomic mass is 16.5. The quantitative estimate of drug-likeness (QED) is 0.758. The predicted octanol–water partition coefficient (Wildman–Crippen LogP) is 3.29. The molecule has 0 saturated heterocycles. The first-order valence-electron chi connectivity index (χ1n) is 8.17. The molecule has 0 saturated carbocycles. The maximum absolute atomic E-state index is 9.88. The fraction of sp³-hybridized carbons (Fsp3) is 0.368. The summed E-state index contributed by atoms with van der Waals surface area (Å²) in [6.07, 6.45) is 1.76. The first kappa shape index (κ1) is 15.7. The van der Waals surface area contributed by atoms with Crippen molar-refractivity contribution >= 4 is 0 Å². The van der Waals surface area contributed by atoms with E-state index < -0.39 is 0 Å². The Morgan fingerprint density at radius 1 is 1.09 bits per heavy atom. The van der Waals surface area contributed by atoms with E-state index in [4.69, 9.17) is 4.74 Å². The zero-order valence-electron chi connectivity index (χ0n) is 13.6. The molecule has 0 spiro atoms. The third-order valence-electron chi connectivity index (χ3n) is 4.41. The molecule has 23 heavy (non-hydrogen) atoms. The standard InChI is InChI=1S/C19H23NO3/c1-3-12-9-14(23-4-2)5-6-15(12)19-16-11-18(22)17(21)10-13(16)7-8-20-19/h5-6,9-11,19-22H,3-4,7-8H2,1-2H3. The fourth-order valence-electron chi connectivity index (χ4n) is 3.29. The van der Waals surface area contributed by atoms with E-state index in [1.54, 1.807) is 12.1 Å². The van der Waals surface area contributed by atoms with Crippen LogP contribution >= 0.6 is 0 Å². The topological polar surface area (TPSA) is 61.7 Å². The first-order chi connectivity index (χ1) is 11.1. The van der Waals surface area contributed by atoms with Gasteiger partial charge in [-0.2, -0.15) is 0 Å². The van der Waals surface area contributed by atoms with E-state index in [-0.39, 0.29) is 17.5 Å². The van der Waals surface area contributed by atoms with Gasteiger partial charge in [0.1, 0.15) is 5.75 Å². The minimum atomic E-state index is -0.0681. The SMILES string of the molecule is CCOc1ccc(C2NCCc3cc(O)c(O)cc32)c(CC)c1. The first-order valence-corrected chi connectivity index (χ1v) is 8.17. The van der Waals surface area contributed by atoms with Crippen molar-refractivity contribution in [1.29, 1.82) is 0 Å². The lowest BCUT2D eigenvalue weighted by Crippen LogP contribution is -2.31. The highest BCUT2D eigenvalue weighted by Gasteiger charge is 2.25. The van der Waals surface area contributed by atoms with E-state index >= 15 is 0 Å². The van der Waals surface area contributed by atoms with Crippen molar-refractivity contribution in [3.8, 4) is 17.2 Å². The average Bonchev–Trinajstić information content (AvgIpc) is 2.56. The highest BCUT2D eigenvalue weighted by molar-refractivity contribution is 5.52. The van der Waals surface area contributed by atoms with Crippen molar-refractivity contribution in [2.45, 2.75) is 32.7 Å². The maximum atomic E-state index is 9.88. The molecule has 1 aliphatic heterocycles. The van der Waals surface area contributed by atoms with Gasteiger partial charge in [0.2, 0.25) is 0 Å². The molecule has 2 aromatic carbocycles. The van der Waals surface area contributed by atoms with Crippen LogP contribution in [0.1, 0.15) is 42.1 Å². The van der Waals surface area contributed by atoms with Crippen molar-refractivity contribution < 1.29 is 14.9 Å². The maximum Gasteiger partial charge on any atom is 0.157 e. The molecule has 122 valence electrons. The van der Waals surface area contributed by atoms with Gasteiger partial charge in [-0.15, -0.1) is 0 Å². The van der Waals surface area contributed by atoms with Gasteiger partial charge in [0, 0.05) is 6.54 Å². The van der Waals surface area contributed by atoms with E-state index in [2.05, 4.69) is 24.4 Å². The average molecular weight is 313 g/mol. The van der Waals surface area contributed by atoms with Crippen LogP contribution in [0.2, 0.25) is 0 Å². The summed E-state index contributed by atoms with van der Waals surface area (Å²) >= 11 is 0. The van der Waals surface area contributed by atoms with Crippen molar-refractivity contribution in [3.05, 3.63) is 52.6 Å². The Bertz CT molecular complexity index is 712. The molecule has 0 aliphatic carbocycles. The second kappa shape index (κ2) is 6.50. The summed E-state index contributed by atoms with van der Waals surface area (Å²) in [6.45, 7) is 5.61. The lowest BCUT2D eigenvalue weighted by Gasteiger charge is -2.29. The smallest absolute Gasteiger partial charge is 0.157 e. The third kappa shape index (κ3) is 2.99. The number of aromatic hydroxyl groups is 2. The van der Waals surface area contributed by atoms with Crippen LogP contribution in [0.25, 0.3) is 0 Å². The highest BCUT2D eigenvalue weighted by Crippen LogP contribution is 2.37. The lowest BCUT2D eigenvalue weighted by atomic mass is 9.86. The van der Waals surface area contributed by atoms with Crippen LogP contribution in [0.4, 0.5) is 0 Å². The summed E-state index contributed by atoms with van der Waals surface area (Å²) < 4.78 is 5.60. The van der Waals surface area contributed by atoms with Gasteiger partial charge in [0.05, 0.1) is 12.6 Å². The van der Waals surface area contributed by atoms with Gasteiger partial charge < -0.3 is 20.3 Å². The summed E-state index contributed by atoms with van der Waals surface area (Å²) in [7, 11) is 0. The molecule has 1 heterocycles. The number of hydrogen-bond acceptors (Lipinski definition) is 4. The van der Waals surface area contributed by atoms with Gasteiger partial charge in [-0.1, -0.05) is 13.0 Å². The molecular formula is C19H23NO3. The minimum absolute atomic E-state index is 0.0240. The number of fused-ring (bicyclic) bond motifs is 1. The normalized spacial score (nSPS) is 16.9. The van der Waals surface area contributed by atoms with E-state index in [1.165, 1.54) is 11.1 Å². The van der Waals surface area contributed by atoms with E-state index in [1.807, 2.05) is 13.0 Å². The monoisotopic (exact) mass is 313 g/mol. The molecule has 4 heteroatoms. The van der Waals surface area contributed by atoms with Crippen LogP contribution in [0.3, 0.4) is 0 Å². The molecule has 1 unspecified atom stereocenters. The molecule has 1 aliphatic rings. The number of phenolic OH excluding ortho intramolecular Hbond substituents is 2. The Labute approximate surface area is 136 Å². The number of rotatable bonds is 4. The van der Waals surface area contributed by atoms with Crippen molar-refractivity contribution in [1.82, 2.24) is 5.32 Å². The van der Waals surface area contributed by atoms with Crippen LogP contribution in [-0.2, 0) is 12.8 Å². The number of aryl methyl sites for hydroxylation is 1. The van der Waals surface area contributed by atoms with Gasteiger partial charge in [-0.05, 0) is 66.3 Å². The number of hydrogen-bond donors (Lipinski definition) is 3. The van der Waals surface area contributed by atoms with Crippen molar-refractivity contribution in [3.63, 3.8) is 0 Å². The van der Waals surface area contributed by atoms with Crippen LogP contribution < -0.4 is 10.1 Å². The second-order valence-electron chi connectivity index (χ2n) is 5.82. The Morgan fingerprint density at radius 3 is 2.61 bits per heavy atom. The van der Waals surface area contributed by atoms with Crippen molar-refractivity contribution in [2.75, 3.05) is 13.2 Å².